The number of carbonyl (C=O) groups excluding carboxylic acids is 1. The van der Waals surface area contributed by atoms with Crippen molar-refractivity contribution in [2.24, 2.45) is 5.92 Å². The lowest BCUT2D eigenvalue weighted by molar-refractivity contribution is 0.163. The lowest BCUT2D eigenvalue weighted by Crippen LogP contribution is -2.45. The van der Waals surface area contributed by atoms with Gasteiger partial charge in [-0.25, -0.2) is 9.78 Å². The van der Waals surface area contributed by atoms with Crippen LogP contribution in [0.15, 0.2) is 18.3 Å². The van der Waals surface area contributed by atoms with Crippen LogP contribution >= 0.6 is 0 Å². The highest BCUT2D eigenvalue weighted by Crippen LogP contribution is 2.19. The first-order valence-corrected chi connectivity index (χ1v) is 7.75. The second kappa shape index (κ2) is 7.29. The van der Waals surface area contributed by atoms with E-state index < -0.39 is 0 Å². The van der Waals surface area contributed by atoms with Crippen molar-refractivity contribution >= 4 is 11.8 Å². The maximum atomic E-state index is 12.2. The van der Waals surface area contributed by atoms with Gasteiger partial charge in [0.15, 0.2) is 0 Å². The van der Waals surface area contributed by atoms with Gasteiger partial charge in [-0.15, -0.1) is 0 Å². The summed E-state index contributed by atoms with van der Waals surface area (Å²) >= 11 is 0. The molecule has 5 nitrogen and oxygen atoms in total. The van der Waals surface area contributed by atoms with Gasteiger partial charge in [0.1, 0.15) is 5.82 Å². The standard InChI is InChI=1S/C16H26N4O/c1-4-13-6-5-9-20(12-13)16(21)18-11-14-7-8-17-15(10-14)19(2)3/h7-8,10,13H,4-6,9,11-12H2,1-3H3,(H,18,21). The highest BCUT2D eigenvalue weighted by molar-refractivity contribution is 5.74. The molecule has 116 valence electrons. The second-order valence-electron chi connectivity index (χ2n) is 5.94. The Balaban J connectivity index is 1.87. The van der Waals surface area contributed by atoms with Gasteiger partial charge in [-0.3, -0.25) is 0 Å². The van der Waals surface area contributed by atoms with E-state index in [1.807, 2.05) is 36.0 Å². The van der Waals surface area contributed by atoms with Gasteiger partial charge in [-0.1, -0.05) is 13.3 Å². The highest BCUT2D eigenvalue weighted by atomic mass is 16.2. The van der Waals surface area contributed by atoms with Gasteiger partial charge in [-0.2, -0.15) is 0 Å². The number of nitrogens with zero attached hydrogens (tertiary/aromatic N) is 3. The van der Waals surface area contributed by atoms with E-state index in [2.05, 4.69) is 17.2 Å². The Morgan fingerprint density at radius 1 is 1.52 bits per heavy atom. The molecule has 1 fully saturated rings. The summed E-state index contributed by atoms with van der Waals surface area (Å²) in [5.74, 6) is 1.57. The first-order chi connectivity index (χ1) is 10.1. The van der Waals surface area contributed by atoms with E-state index in [0.717, 1.165) is 37.3 Å². The number of nitrogens with one attached hydrogen (secondary N) is 1. The number of anilines is 1. The monoisotopic (exact) mass is 290 g/mol. The summed E-state index contributed by atoms with van der Waals surface area (Å²) in [6.45, 7) is 4.52. The summed E-state index contributed by atoms with van der Waals surface area (Å²) in [7, 11) is 3.92. The number of aromatic nitrogens is 1. The van der Waals surface area contributed by atoms with Gasteiger partial charge in [0.05, 0.1) is 0 Å². The van der Waals surface area contributed by atoms with E-state index in [1.165, 1.54) is 6.42 Å². The molecular formula is C16H26N4O. The molecule has 2 rings (SSSR count). The molecule has 1 unspecified atom stereocenters. The number of carbonyl (C=O) groups is 1. The van der Waals surface area contributed by atoms with Gasteiger partial charge in [-0.05, 0) is 36.5 Å². The summed E-state index contributed by atoms with van der Waals surface area (Å²) in [4.78, 5) is 20.4. The van der Waals surface area contributed by atoms with Crippen molar-refractivity contribution in [1.82, 2.24) is 15.2 Å². The van der Waals surface area contributed by atoms with E-state index in [1.54, 1.807) is 6.20 Å². The van der Waals surface area contributed by atoms with Crippen molar-refractivity contribution in [3.8, 4) is 0 Å². The number of urea groups is 1. The molecule has 2 heterocycles. The Morgan fingerprint density at radius 2 is 2.33 bits per heavy atom. The average molecular weight is 290 g/mol. The molecule has 0 aliphatic carbocycles. The Kier molecular flexibility index (Phi) is 5.42. The maximum absolute atomic E-state index is 12.2. The van der Waals surface area contributed by atoms with Gasteiger partial charge in [0.2, 0.25) is 0 Å². The number of pyridine rings is 1. The zero-order valence-electron chi connectivity index (χ0n) is 13.3. The maximum Gasteiger partial charge on any atom is 0.317 e. The van der Waals surface area contributed by atoms with Gasteiger partial charge in [0.25, 0.3) is 0 Å². The third-order valence-corrected chi connectivity index (χ3v) is 4.10. The molecule has 0 bridgehead atoms. The van der Waals surface area contributed by atoms with Crippen LogP contribution in [0.2, 0.25) is 0 Å². The van der Waals surface area contributed by atoms with Crippen molar-refractivity contribution < 1.29 is 4.79 Å². The normalized spacial score (nSPS) is 18.4. The van der Waals surface area contributed by atoms with Crippen LogP contribution in [0, 0.1) is 5.92 Å². The molecule has 2 amide bonds. The molecule has 5 heteroatoms. The fourth-order valence-electron chi connectivity index (χ4n) is 2.69. The average Bonchev–Trinajstić information content (AvgIpc) is 2.53. The molecule has 0 spiro atoms. The van der Waals surface area contributed by atoms with Crippen LogP contribution in [0.4, 0.5) is 10.6 Å². The molecule has 21 heavy (non-hydrogen) atoms. The van der Waals surface area contributed by atoms with Crippen molar-refractivity contribution in [1.29, 1.82) is 0 Å². The molecule has 1 aromatic heterocycles. The fraction of sp³-hybridized carbons (Fsp3) is 0.625. The summed E-state index contributed by atoms with van der Waals surface area (Å²) in [5.41, 5.74) is 1.08. The van der Waals surface area contributed by atoms with Crippen LogP contribution < -0.4 is 10.2 Å². The van der Waals surface area contributed by atoms with E-state index in [4.69, 9.17) is 0 Å². The minimum absolute atomic E-state index is 0.0522. The lowest BCUT2D eigenvalue weighted by Gasteiger charge is -2.32. The quantitative estimate of drug-likeness (QED) is 0.927. The zero-order valence-corrected chi connectivity index (χ0v) is 13.3. The van der Waals surface area contributed by atoms with Crippen LogP contribution in [-0.4, -0.2) is 43.1 Å². The van der Waals surface area contributed by atoms with Crippen LogP contribution in [0.1, 0.15) is 31.7 Å². The Labute approximate surface area is 127 Å². The molecule has 1 aliphatic heterocycles. The largest absolute Gasteiger partial charge is 0.363 e. The number of amides is 2. The number of likely N-dealkylation sites (tertiary alicyclic amines) is 1. The Bertz CT molecular complexity index is 475. The molecular weight excluding hydrogens is 264 g/mol. The molecule has 1 saturated heterocycles. The van der Waals surface area contributed by atoms with E-state index in [9.17, 15) is 4.79 Å². The van der Waals surface area contributed by atoms with E-state index in [0.29, 0.717) is 12.5 Å². The molecule has 0 saturated carbocycles. The first-order valence-electron chi connectivity index (χ1n) is 7.75. The minimum atomic E-state index is 0.0522. The smallest absolute Gasteiger partial charge is 0.317 e. The van der Waals surface area contributed by atoms with Crippen molar-refractivity contribution in [2.75, 3.05) is 32.1 Å². The number of hydrogen-bond donors (Lipinski definition) is 1. The van der Waals surface area contributed by atoms with E-state index in [-0.39, 0.29) is 6.03 Å². The second-order valence-corrected chi connectivity index (χ2v) is 5.94. The molecule has 0 aromatic carbocycles. The zero-order chi connectivity index (χ0) is 15.2. The Hall–Kier alpha value is -1.78. The Morgan fingerprint density at radius 3 is 3.05 bits per heavy atom. The van der Waals surface area contributed by atoms with Crippen LogP contribution in [0.25, 0.3) is 0 Å². The first kappa shape index (κ1) is 15.6. The number of hydrogen-bond acceptors (Lipinski definition) is 3. The topological polar surface area (TPSA) is 48.5 Å². The number of rotatable bonds is 4. The van der Waals surface area contributed by atoms with E-state index >= 15 is 0 Å². The molecule has 1 N–H and O–H groups in total. The lowest BCUT2D eigenvalue weighted by atomic mass is 9.96. The molecule has 1 aromatic rings. The minimum Gasteiger partial charge on any atom is -0.363 e. The summed E-state index contributed by atoms with van der Waals surface area (Å²) < 4.78 is 0. The summed E-state index contributed by atoms with van der Waals surface area (Å²) in [6.07, 6.45) is 5.30. The van der Waals surface area contributed by atoms with Gasteiger partial charge in [0, 0.05) is 39.9 Å². The van der Waals surface area contributed by atoms with Crippen molar-refractivity contribution in [3.05, 3.63) is 23.9 Å². The van der Waals surface area contributed by atoms with Crippen LogP contribution in [-0.2, 0) is 6.54 Å². The third-order valence-electron chi connectivity index (χ3n) is 4.10. The molecule has 0 radical (unpaired) electrons. The number of piperidine rings is 1. The highest BCUT2D eigenvalue weighted by Gasteiger charge is 2.22. The SMILES string of the molecule is CCC1CCCN(C(=O)NCc2ccnc(N(C)C)c2)C1. The predicted octanol–water partition coefficient (Wildman–Crippen LogP) is 2.48. The van der Waals surface area contributed by atoms with Crippen molar-refractivity contribution in [2.45, 2.75) is 32.7 Å². The fourth-order valence-corrected chi connectivity index (χ4v) is 2.69. The summed E-state index contributed by atoms with van der Waals surface area (Å²) in [6, 6.07) is 4.00. The van der Waals surface area contributed by atoms with Gasteiger partial charge < -0.3 is 15.1 Å². The predicted molar refractivity (Wildman–Crippen MR) is 85.4 cm³/mol. The van der Waals surface area contributed by atoms with Gasteiger partial charge >= 0.3 is 6.03 Å². The van der Waals surface area contributed by atoms with Crippen LogP contribution in [0.3, 0.4) is 0 Å². The third kappa shape index (κ3) is 4.34. The summed E-state index contributed by atoms with van der Waals surface area (Å²) in [5, 5.41) is 3.02. The van der Waals surface area contributed by atoms with Crippen LogP contribution in [0.5, 0.6) is 0 Å². The van der Waals surface area contributed by atoms with Crippen molar-refractivity contribution in [3.63, 3.8) is 0 Å². The molecule has 1 aliphatic rings. The molecule has 1 atom stereocenters.